The Morgan fingerprint density at radius 1 is 1.00 bits per heavy atom. The van der Waals surface area contributed by atoms with Crippen LogP contribution in [-0.2, 0) is 11.3 Å². The van der Waals surface area contributed by atoms with Gasteiger partial charge in [0.2, 0.25) is 5.91 Å². The average Bonchev–Trinajstić information content (AvgIpc) is 2.77. The van der Waals surface area contributed by atoms with Crippen LogP contribution in [0.5, 0.6) is 0 Å². The maximum absolute atomic E-state index is 13.1. The Bertz CT molecular complexity index is 873. The Morgan fingerprint density at radius 2 is 1.67 bits per heavy atom. The van der Waals surface area contributed by atoms with Crippen molar-refractivity contribution >= 4 is 39.1 Å². The number of likely N-dealkylation sites (tertiary alicyclic amines) is 1. The Labute approximate surface area is 192 Å². The van der Waals surface area contributed by atoms with Crippen LogP contribution in [0.4, 0.5) is 5.69 Å². The number of piperidine rings is 1. The summed E-state index contributed by atoms with van der Waals surface area (Å²) >= 11 is 9.68. The molecule has 4 rings (SSSR count). The number of carbonyl (C=O) groups excluding carboxylic acids is 1. The van der Waals surface area contributed by atoms with E-state index < -0.39 is 0 Å². The molecular formula is C24H29BrClN3O. The summed E-state index contributed by atoms with van der Waals surface area (Å²) < 4.78 is 1.11. The van der Waals surface area contributed by atoms with Gasteiger partial charge in [0.15, 0.2) is 0 Å². The number of anilines is 1. The molecule has 2 aliphatic rings. The summed E-state index contributed by atoms with van der Waals surface area (Å²) in [6.07, 6.45) is 1.92. The van der Waals surface area contributed by atoms with Crippen molar-refractivity contribution in [2.24, 2.45) is 5.92 Å². The summed E-state index contributed by atoms with van der Waals surface area (Å²) in [7, 11) is 0. The zero-order valence-corrected chi connectivity index (χ0v) is 19.8. The summed E-state index contributed by atoms with van der Waals surface area (Å²) in [6, 6.07) is 14.6. The molecule has 0 aromatic heterocycles. The first kappa shape index (κ1) is 21.7. The molecule has 2 aromatic rings. The van der Waals surface area contributed by atoms with Crippen LogP contribution < -0.4 is 4.90 Å². The van der Waals surface area contributed by atoms with Gasteiger partial charge in [-0.15, -0.1) is 0 Å². The SMILES string of the molecule is Cc1ccc(Cl)cc1N1CCN(C(=O)C2CCN(Cc3ccc(Br)cc3)CC2)CC1. The van der Waals surface area contributed by atoms with E-state index in [2.05, 4.69) is 67.9 Å². The number of piperazine rings is 1. The van der Waals surface area contributed by atoms with Crippen LogP contribution in [0, 0.1) is 12.8 Å². The van der Waals surface area contributed by atoms with Gasteiger partial charge in [0.05, 0.1) is 0 Å². The second kappa shape index (κ2) is 9.71. The van der Waals surface area contributed by atoms with Crippen LogP contribution in [0.25, 0.3) is 0 Å². The van der Waals surface area contributed by atoms with E-state index in [1.807, 2.05) is 12.1 Å². The van der Waals surface area contributed by atoms with Crippen LogP contribution in [0.3, 0.4) is 0 Å². The number of rotatable bonds is 4. The monoisotopic (exact) mass is 489 g/mol. The topological polar surface area (TPSA) is 26.8 Å². The summed E-state index contributed by atoms with van der Waals surface area (Å²) in [6.45, 7) is 8.40. The van der Waals surface area contributed by atoms with Crippen molar-refractivity contribution in [2.45, 2.75) is 26.3 Å². The Morgan fingerprint density at radius 3 is 2.33 bits per heavy atom. The third-order valence-electron chi connectivity index (χ3n) is 6.36. The molecule has 2 saturated heterocycles. The van der Waals surface area contributed by atoms with Crippen LogP contribution in [-0.4, -0.2) is 55.0 Å². The zero-order chi connectivity index (χ0) is 21.1. The first-order chi connectivity index (χ1) is 14.5. The van der Waals surface area contributed by atoms with Gasteiger partial charge in [0.25, 0.3) is 0 Å². The normalized spacial score (nSPS) is 18.6. The number of carbonyl (C=O) groups is 1. The van der Waals surface area contributed by atoms with Crippen molar-refractivity contribution in [1.29, 1.82) is 0 Å². The molecule has 2 aliphatic heterocycles. The number of hydrogen-bond donors (Lipinski definition) is 0. The third kappa shape index (κ3) is 5.19. The highest BCUT2D eigenvalue weighted by molar-refractivity contribution is 9.10. The van der Waals surface area contributed by atoms with Crippen molar-refractivity contribution in [1.82, 2.24) is 9.80 Å². The number of halogens is 2. The number of hydrogen-bond acceptors (Lipinski definition) is 3. The lowest BCUT2D eigenvalue weighted by Gasteiger charge is -2.39. The molecule has 4 nitrogen and oxygen atoms in total. The molecule has 0 aliphatic carbocycles. The Kier molecular flexibility index (Phi) is 7.01. The van der Waals surface area contributed by atoms with Gasteiger partial charge in [-0.3, -0.25) is 9.69 Å². The molecule has 1 amide bonds. The fourth-order valence-electron chi connectivity index (χ4n) is 4.54. The number of nitrogens with zero attached hydrogens (tertiary/aromatic N) is 3. The van der Waals surface area contributed by atoms with E-state index in [-0.39, 0.29) is 5.92 Å². The first-order valence-corrected chi connectivity index (χ1v) is 11.9. The zero-order valence-electron chi connectivity index (χ0n) is 17.5. The predicted molar refractivity (Wildman–Crippen MR) is 127 cm³/mol. The molecule has 6 heteroatoms. The Balaban J connectivity index is 1.26. The maximum Gasteiger partial charge on any atom is 0.225 e. The molecule has 30 heavy (non-hydrogen) atoms. The second-order valence-electron chi connectivity index (χ2n) is 8.42. The summed E-state index contributed by atoms with van der Waals surface area (Å²) in [4.78, 5) is 20.0. The van der Waals surface area contributed by atoms with Gasteiger partial charge in [-0.25, -0.2) is 0 Å². The lowest BCUT2D eigenvalue weighted by Crippen LogP contribution is -2.51. The van der Waals surface area contributed by atoms with Crippen molar-refractivity contribution in [3.05, 3.63) is 63.1 Å². The molecule has 0 radical (unpaired) electrons. The summed E-state index contributed by atoms with van der Waals surface area (Å²) in [5.74, 6) is 0.520. The molecule has 0 spiro atoms. The van der Waals surface area contributed by atoms with E-state index in [9.17, 15) is 4.79 Å². The van der Waals surface area contributed by atoms with E-state index in [0.717, 1.165) is 68.2 Å². The molecule has 0 saturated carbocycles. The molecule has 0 bridgehead atoms. The molecule has 0 atom stereocenters. The van der Waals surface area contributed by atoms with Crippen molar-refractivity contribution in [3.63, 3.8) is 0 Å². The average molecular weight is 491 g/mol. The van der Waals surface area contributed by atoms with E-state index in [0.29, 0.717) is 5.91 Å². The first-order valence-electron chi connectivity index (χ1n) is 10.8. The maximum atomic E-state index is 13.1. The molecular weight excluding hydrogens is 462 g/mol. The number of benzene rings is 2. The quantitative estimate of drug-likeness (QED) is 0.605. The van der Waals surface area contributed by atoms with E-state index >= 15 is 0 Å². The van der Waals surface area contributed by atoms with Crippen LogP contribution in [0.1, 0.15) is 24.0 Å². The van der Waals surface area contributed by atoms with E-state index in [1.54, 1.807) is 0 Å². The van der Waals surface area contributed by atoms with Gasteiger partial charge in [-0.1, -0.05) is 45.7 Å². The van der Waals surface area contributed by atoms with Crippen LogP contribution in [0.2, 0.25) is 5.02 Å². The minimum atomic E-state index is 0.172. The number of aryl methyl sites for hydroxylation is 1. The molecule has 0 N–H and O–H groups in total. The smallest absolute Gasteiger partial charge is 0.225 e. The Hall–Kier alpha value is -1.56. The molecule has 2 fully saturated rings. The van der Waals surface area contributed by atoms with Gasteiger partial charge in [0, 0.05) is 53.8 Å². The highest BCUT2D eigenvalue weighted by Crippen LogP contribution is 2.27. The fraction of sp³-hybridized carbons (Fsp3) is 0.458. The largest absolute Gasteiger partial charge is 0.368 e. The van der Waals surface area contributed by atoms with Gasteiger partial charge in [0.1, 0.15) is 0 Å². The lowest BCUT2D eigenvalue weighted by molar-refractivity contribution is -0.137. The van der Waals surface area contributed by atoms with Gasteiger partial charge >= 0.3 is 0 Å². The van der Waals surface area contributed by atoms with Crippen molar-refractivity contribution in [3.8, 4) is 0 Å². The van der Waals surface area contributed by atoms with Gasteiger partial charge < -0.3 is 9.80 Å². The van der Waals surface area contributed by atoms with Gasteiger partial charge in [-0.2, -0.15) is 0 Å². The van der Waals surface area contributed by atoms with E-state index in [1.165, 1.54) is 16.8 Å². The molecule has 2 heterocycles. The molecule has 2 aromatic carbocycles. The number of amides is 1. The fourth-order valence-corrected chi connectivity index (χ4v) is 4.97. The molecule has 0 unspecified atom stereocenters. The lowest BCUT2D eigenvalue weighted by atomic mass is 9.94. The highest BCUT2D eigenvalue weighted by Gasteiger charge is 2.30. The molecule has 160 valence electrons. The van der Waals surface area contributed by atoms with Crippen molar-refractivity contribution < 1.29 is 4.79 Å². The van der Waals surface area contributed by atoms with E-state index in [4.69, 9.17) is 11.6 Å². The predicted octanol–water partition coefficient (Wildman–Crippen LogP) is 4.97. The van der Waals surface area contributed by atoms with Crippen LogP contribution in [0.15, 0.2) is 46.9 Å². The second-order valence-corrected chi connectivity index (χ2v) is 9.77. The standard InChI is InChI=1S/C24H29BrClN3O/c1-18-2-7-22(26)16-23(18)28-12-14-29(15-13-28)24(30)20-8-10-27(11-9-20)17-19-3-5-21(25)6-4-19/h2-7,16,20H,8-15,17H2,1H3. The van der Waals surface area contributed by atoms with Gasteiger partial charge in [-0.05, 0) is 68.2 Å². The highest BCUT2D eigenvalue weighted by atomic mass is 79.9. The van der Waals surface area contributed by atoms with Crippen molar-refractivity contribution in [2.75, 3.05) is 44.2 Å². The minimum Gasteiger partial charge on any atom is -0.368 e. The van der Waals surface area contributed by atoms with Crippen LogP contribution >= 0.6 is 27.5 Å². The summed E-state index contributed by atoms with van der Waals surface area (Å²) in [5.41, 5.74) is 3.75. The summed E-state index contributed by atoms with van der Waals surface area (Å²) in [5, 5.41) is 0.768. The minimum absolute atomic E-state index is 0.172. The third-order valence-corrected chi connectivity index (χ3v) is 7.12.